The highest BCUT2D eigenvalue weighted by molar-refractivity contribution is 6.32. The highest BCUT2D eigenvalue weighted by Crippen LogP contribution is 2.56. The van der Waals surface area contributed by atoms with Gasteiger partial charge in [0.05, 0.1) is 28.4 Å². The van der Waals surface area contributed by atoms with Gasteiger partial charge in [0, 0.05) is 42.2 Å². The van der Waals surface area contributed by atoms with Crippen LogP contribution in [0, 0.1) is 11.3 Å². The number of hydrogen-bond acceptors (Lipinski definition) is 8. The first kappa shape index (κ1) is 28.7. The van der Waals surface area contributed by atoms with E-state index >= 15 is 4.39 Å². The highest BCUT2D eigenvalue weighted by atomic mass is 35.5. The lowest BCUT2D eigenvalue weighted by Crippen LogP contribution is -2.54. The van der Waals surface area contributed by atoms with E-state index in [-0.39, 0.29) is 35.5 Å². The van der Waals surface area contributed by atoms with Crippen LogP contribution in [0.4, 0.5) is 27.6 Å². The Kier molecular flexibility index (Phi) is 6.43. The molecule has 1 aliphatic carbocycles. The summed E-state index contributed by atoms with van der Waals surface area (Å²) in [5, 5.41) is -0.660. The van der Waals surface area contributed by atoms with E-state index in [0.717, 1.165) is 57.2 Å². The minimum absolute atomic E-state index is 0.0717. The second-order valence-corrected chi connectivity index (χ2v) is 13.6. The molecule has 4 saturated heterocycles. The molecule has 1 spiro atoms. The predicted molar refractivity (Wildman–Crippen MR) is 154 cm³/mol. The second kappa shape index (κ2) is 9.86. The van der Waals surface area contributed by atoms with Crippen LogP contribution in [0.15, 0.2) is 38.6 Å². The summed E-state index contributed by atoms with van der Waals surface area (Å²) in [5.74, 6) is -1.42. The fraction of sp³-hybridized carbons (Fsp3) is 0.633. The Morgan fingerprint density at radius 3 is 2.73 bits per heavy atom. The summed E-state index contributed by atoms with van der Waals surface area (Å²) in [5.41, 5.74) is 2.65. The summed E-state index contributed by atoms with van der Waals surface area (Å²) >= 11 is 6.03. The number of rotatable bonds is 3. The minimum Gasteiger partial charge on any atom is -0.461 e. The number of nitrogen functional groups attached to an aromatic ring is 1. The molecular weight excluding hydrogens is 607 g/mol. The van der Waals surface area contributed by atoms with E-state index in [0.29, 0.717) is 32.0 Å². The fourth-order valence-corrected chi connectivity index (χ4v) is 8.69. The molecule has 6 aliphatic heterocycles. The summed E-state index contributed by atoms with van der Waals surface area (Å²) in [6, 6.07) is 2.04. The van der Waals surface area contributed by atoms with Crippen LogP contribution < -0.4 is 5.73 Å². The van der Waals surface area contributed by atoms with Crippen molar-refractivity contribution in [2.45, 2.75) is 75.1 Å². The normalized spacial score (nSPS) is 34.1. The second-order valence-electron chi connectivity index (χ2n) is 13.2. The Labute approximate surface area is 255 Å². The molecule has 6 heterocycles. The minimum atomic E-state index is -4.91. The molecule has 8 rings (SSSR count). The molecule has 44 heavy (non-hydrogen) atoms. The maximum atomic E-state index is 16.7. The lowest BCUT2D eigenvalue weighted by atomic mass is 9.88. The van der Waals surface area contributed by atoms with Crippen molar-refractivity contribution in [2.24, 2.45) is 26.3 Å². The van der Waals surface area contributed by atoms with Crippen LogP contribution in [0.3, 0.4) is 0 Å². The van der Waals surface area contributed by atoms with Crippen molar-refractivity contribution in [3.05, 3.63) is 39.8 Å². The molecule has 1 aromatic rings. The van der Waals surface area contributed by atoms with Crippen molar-refractivity contribution < 1.29 is 31.4 Å². The average Bonchev–Trinajstić information content (AvgIpc) is 3.24. The molecule has 0 bridgehead atoms. The van der Waals surface area contributed by atoms with Crippen molar-refractivity contribution in [1.82, 2.24) is 9.80 Å². The third-order valence-corrected chi connectivity index (χ3v) is 10.8. The molecule has 14 heteroatoms. The number of alkyl halides is 4. The van der Waals surface area contributed by atoms with Crippen LogP contribution in [0.25, 0.3) is 0 Å². The molecule has 1 saturated carbocycles. The highest BCUT2D eigenvalue weighted by Gasteiger charge is 2.58. The number of dihydropyridines is 1. The van der Waals surface area contributed by atoms with Gasteiger partial charge in [-0.2, -0.15) is 23.2 Å². The molecule has 236 valence electrons. The molecule has 2 N–H and O–H groups in total. The summed E-state index contributed by atoms with van der Waals surface area (Å²) in [4.78, 5) is 18.0. The third-order valence-electron chi connectivity index (χ3n) is 10.5. The van der Waals surface area contributed by atoms with E-state index in [1.165, 1.54) is 0 Å². The van der Waals surface area contributed by atoms with Gasteiger partial charge in [-0.3, -0.25) is 4.90 Å². The first-order chi connectivity index (χ1) is 21.0. The first-order valence-electron chi connectivity index (χ1n) is 15.2. The Bertz CT molecular complexity index is 1540. The van der Waals surface area contributed by atoms with Gasteiger partial charge in [-0.1, -0.05) is 11.6 Å². The van der Waals surface area contributed by atoms with Crippen molar-refractivity contribution in [1.29, 1.82) is 0 Å². The molecule has 0 aromatic heterocycles. The quantitative estimate of drug-likeness (QED) is 0.349. The fourth-order valence-electron chi connectivity index (χ4n) is 8.36. The molecule has 0 radical (unpaired) electrons. The summed E-state index contributed by atoms with van der Waals surface area (Å²) in [7, 11) is 0. The van der Waals surface area contributed by atoms with Crippen LogP contribution in [0.2, 0.25) is 5.02 Å². The number of allylic oxidation sites excluding steroid dienone is 1. The van der Waals surface area contributed by atoms with Crippen LogP contribution in [0.1, 0.15) is 56.1 Å². The lowest BCUT2D eigenvalue weighted by molar-refractivity contribution is -0.137. The number of hydrogen-bond donors (Lipinski definition) is 1. The molecule has 0 amide bonds. The lowest BCUT2D eigenvalue weighted by Gasteiger charge is -2.44. The van der Waals surface area contributed by atoms with Crippen molar-refractivity contribution in [3.63, 3.8) is 0 Å². The maximum Gasteiger partial charge on any atom is 0.418 e. The van der Waals surface area contributed by atoms with Crippen LogP contribution in [-0.2, 0) is 15.7 Å². The van der Waals surface area contributed by atoms with E-state index < -0.39 is 57.7 Å². The monoisotopic (exact) mass is 638 g/mol. The van der Waals surface area contributed by atoms with E-state index in [1.807, 2.05) is 0 Å². The zero-order valence-electron chi connectivity index (χ0n) is 23.8. The zero-order valence-corrected chi connectivity index (χ0v) is 24.6. The van der Waals surface area contributed by atoms with Crippen molar-refractivity contribution in [2.75, 3.05) is 38.6 Å². The van der Waals surface area contributed by atoms with Crippen LogP contribution in [0.5, 0.6) is 0 Å². The number of aliphatic imine (C=N–C) groups is 3. The van der Waals surface area contributed by atoms with E-state index in [2.05, 4.69) is 19.8 Å². The number of nitrogens with two attached hydrogens (primary N) is 1. The van der Waals surface area contributed by atoms with Crippen LogP contribution in [-0.4, -0.2) is 84.2 Å². The summed E-state index contributed by atoms with van der Waals surface area (Å²) in [6.45, 7) is 2.27. The Morgan fingerprint density at radius 2 is 1.95 bits per heavy atom. The van der Waals surface area contributed by atoms with Gasteiger partial charge in [-0.25, -0.2) is 13.8 Å². The van der Waals surface area contributed by atoms with Crippen molar-refractivity contribution >= 4 is 34.9 Å². The topological polar surface area (TPSA) is 88.0 Å². The van der Waals surface area contributed by atoms with Crippen molar-refractivity contribution in [3.8, 4) is 0 Å². The molecular formula is C30H32ClF5N6O2. The van der Waals surface area contributed by atoms with Gasteiger partial charge in [-0.05, 0) is 57.2 Å². The molecule has 5 fully saturated rings. The SMILES string of the molecule is Nc1cc(Cl)c(C(F)(F)F)c(C2=NC3OCC4(CC4)[C@H]4CCCN4C4=NC(OC[C@@]56CCCN5C[C@H](F)C6)=NC(=C2F)C43)c1. The Balaban J connectivity index is 1.25. The smallest absolute Gasteiger partial charge is 0.418 e. The standard InChI is InChI=1S/C30H32ClF5N6O2/c31-18-10-16(37)9-17(21(18)30(34,35)36)23-22(33)24-20-25(42-8-1-3-19(42)28(5-6-28)13-43-26(20)38-23)40-27(39-24)44-14-29-4-2-7-41(29)12-15(32)11-29/h9-10,15,19-20,26H,1-8,11-14,37H2/t15-,19-,20?,26?,29+/m1/s1. The van der Waals surface area contributed by atoms with Gasteiger partial charge in [0.15, 0.2) is 12.1 Å². The van der Waals surface area contributed by atoms with Crippen LogP contribution >= 0.6 is 11.6 Å². The number of anilines is 1. The number of ether oxygens (including phenoxy) is 2. The summed E-state index contributed by atoms with van der Waals surface area (Å²) in [6.07, 6.45) is -1.22. The van der Waals surface area contributed by atoms with E-state index in [9.17, 15) is 17.6 Å². The molecule has 2 unspecified atom stereocenters. The molecule has 8 nitrogen and oxygen atoms in total. The summed E-state index contributed by atoms with van der Waals surface area (Å²) < 4.78 is 86.5. The zero-order chi connectivity index (χ0) is 30.6. The van der Waals surface area contributed by atoms with Gasteiger partial charge in [-0.15, -0.1) is 0 Å². The molecule has 1 aromatic carbocycles. The molecule has 5 atom stereocenters. The Morgan fingerprint density at radius 1 is 1.14 bits per heavy atom. The Hall–Kier alpha value is -2.77. The van der Waals surface area contributed by atoms with Gasteiger partial charge in [0.1, 0.15) is 30.2 Å². The number of halogens is 6. The number of nitrogens with zero attached hydrogens (tertiary/aromatic N) is 5. The predicted octanol–water partition coefficient (Wildman–Crippen LogP) is 5.50. The first-order valence-corrected chi connectivity index (χ1v) is 15.6. The molecule has 7 aliphatic rings. The van der Waals surface area contributed by atoms with Gasteiger partial charge in [0.2, 0.25) is 0 Å². The van der Waals surface area contributed by atoms with Gasteiger partial charge >= 0.3 is 12.2 Å². The maximum absolute atomic E-state index is 16.7. The van der Waals surface area contributed by atoms with Gasteiger partial charge < -0.3 is 20.1 Å². The van der Waals surface area contributed by atoms with Gasteiger partial charge in [0.25, 0.3) is 0 Å². The average molecular weight is 639 g/mol. The van der Waals surface area contributed by atoms with E-state index in [4.69, 9.17) is 31.8 Å². The number of amidine groups is 2. The number of fused-ring (bicyclic) bond motifs is 4. The third kappa shape index (κ3) is 4.39. The number of benzene rings is 1. The largest absolute Gasteiger partial charge is 0.461 e. The van der Waals surface area contributed by atoms with E-state index in [1.54, 1.807) is 0 Å².